The fourth-order valence-corrected chi connectivity index (χ4v) is 3.27. The van der Waals surface area contributed by atoms with Crippen molar-refractivity contribution in [1.29, 1.82) is 0 Å². The van der Waals surface area contributed by atoms with Gasteiger partial charge in [-0.05, 0) is 37.1 Å². The first kappa shape index (κ1) is 26.1. The van der Waals surface area contributed by atoms with E-state index in [0.29, 0.717) is 5.56 Å². The molecule has 2 aromatic rings. The van der Waals surface area contributed by atoms with Crippen LogP contribution in [0, 0.1) is 0 Å². The first-order valence-electron chi connectivity index (χ1n) is 11.2. The van der Waals surface area contributed by atoms with Crippen molar-refractivity contribution < 1.29 is 24.9 Å². The van der Waals surface area contributed by atoms with E-state index in [2.05, 4.69) is 11.9 Å². The summed E-state index contributed by atoms with van der Waals surface area (Å²) in [4.78, 5) is 25.5. The van der Waals surface area contributed by atoms with Crippen LogP contribution in [0.1, 0.15) is 97.5 Å². The van der Waals surface area contributed by atoms with Crippen molar-refractivity contribution in [3.8, 4) is 5.75 Å². The van der Waals surface area contributed by atoms with Crippen molar-refractivity contribution in [2.75, 3.05) is 0 Å². The zero-order valence-electron chi connectivity index (χ0n) is 18.4. The zero-order valence-corrected chi connectivity index (χ0v) is 18.4. The maximum absolute atomic E-state index is 11.1. The first-order valence-corrected chi connectivity index (χ1v) is 11.2. The molecule has 6 nitrogen and oxygen atoms in total. The van der Waals surface area contributed by atoms with Crippen LogP contribution in [0.4, 0.5) is 0 Å². The number of carboxylic acids is 2. The molecule has 0 saturated carbocycles. The summed E-state index contributed by atoms with van der Waals surface area (Å²) in [6.45, 7) is 2.25. The number of carboxylic acid groups (broad SMARTS) is 2. The molecular formula is C25H35NO5. The van der Waals surface area contributed by atoms with E-state index in [9.17, 15) is 9.59 Å². The molecule has 6 heteroatoms. The molecule has 1 heterocycles. The third-order valence-corrected chi connectivity index (χ3v) is 5.02. The first-order chi connectivity index (χ1) is 15.0. The maximum atomic E-state index is 11.1. The minimum atomic E-state index is -1.11. The second kappa shape index (κ2) is 15.9. The molecule has 0 bridgehead atoms. The third-order valence-electron chi connectivity index (χ3n) is 5.02. The number of aromatic hydroxyl groups is 1. The van der Waals surface area contributed by atoms with Gasteiger partial charge in [0.05, 0.1) is 11.3 Å². The Kier molecular flexibility index (Phi) is 13.4. The lowest BCUT2D eigenvalue weighted by Gasteiger charge is -2.05. The average molecular weight is 430 g/mol. The summed E-state index contributed by atoms with van der Waals surface area (Å²) in [5.41, 5.74) is 1.01. The second-order valence-electron chi connectivity index (χ2n) is 7.56. The van der Waals surface area contributed by atoms with Gasteiger partial charge in [-0.1, -0.05) is 76.8 Å². The molecule has 0 saturated heterocycles. The van der Waals surface area contributed by atoms with Crippen LogP contribution in [0.25, 0.3) is 0 Å². The topological polar surface area (TPSA) is 108 Å². The van der Waals surface area contributed by atoms with Crippen LogP contribution in [0.5, 0.6) is 5.75 Å². The van der Waals surface area contributed by atoms with Crippen molar-refractivity contribution in [1.82, 2.24) is 4.98 Å². The normalized spacial score (nSPS) is 10.2. The highest BCUT2D eigenvalue weighted by Gasteiger charge is 2.09. The number of aryl methyl sites for hydroxylation is 1. The Morgan fingerprint density at radius 3 is 1.77 bits per heavy atom. The average Bonchev–Trinajstić information content (AvgIpc) is 2.76. The van der Waals surface area contributed by atoms with Gasteiger partial charge in [0.1, 0.15) is 11.3 Å². The number of aromatic carboxylic acids is 2. The number of nitrogens with zero attached hydrogens (tertiary/aromatic N) is 1. The molecule has 0 aliphatic heterocycles. The number of pyridine rings is 1. The van der Waals surface area contributed by atoms with Crippen molar-refractivity contribution in [3.63, 3.8) is 0 Å². The standard InChI is InChI=1S/C18H29NO2.C7H6O3/c1-2-3-4-5-6-7-8-9-10-11-14-17-16(18(20)21)13-12-15-19-17;8-6-4-2-1-3-5(6)7(9)10/h12-13,15H,2-11,14H2,1H3,(H,20,21);1-4,8H,(H,9,10). The number of rotatable bonds is 13. The third kappa shape index (κ3) is 11.2. The molecule has 170 valence electrons. The molecule has 31 heavy (non-hydrogen) atoms. The van der Waals surface area contributed by atoms with Gasteiger partial charge in [-0.15, -0.1) is 0 Å². The summed E-state index contributed by atoms with van der Waals surface area (Å²) in [6, 6.07) is 9.14. The molecule has 0 aliphatic carbocycles. The molecule has 1 aromatic carbocycles. The Balaban J connectivity index is 0.000000399. The van der Waals surface area contributed by atoms with Crippen molar-refractivity contribution in [2.24, 2.45) is 0 Å². The lowest BCUT2D eigenvalue weighted by atomic mass is 10.0. The molecule has 0 amide bonds. The number of unbranched alkanes of at least 4 members (excludes halogenated alkanes) is 9. The van der Waals surface area contributed by atoms with E-state index in [-0.39, 0.29) is 11.3 Å². The van der Waals surface area contributed by atoms with E-state index in [0.717, 1.165) is 18.5 Å². The van der Waals surface area contributed by atoms with Gasteiger partial charge in [-0.25, -0.2) is 9.59 Å². The van der Waals surface area contributed by atoms with E-state index in [4.69, 9.17) is 15.3 Å². The summed E-state index contributed by atoms with van der Waals surface area (Å²) >= 11 is 0. The Morgan fingerprint density at radius 1 is 0.742 bits per heavy atom. The predicted molar refractivity (Wildman–Crippen MR) is 122 cm³/mol. The highest BCUT2D eigenvalue weighted by Crippen LogP contribution is 2.15. The van der Waals surface area contributed by atoms with Gasteiger partial charge in [0, 0.05) is 6.20 Å². The number of hydrogen-bond acceptors (Lipinski definition) is 4. The molecule has 0 spiro atoms. The van der Waals surface area contributed by atoms with Crippen molar-refractivity contribution >= 4 is 11.9 Å². The molecule has 1 aromatic heterocycles. The zero-order chi connectivity index (χ0) is 22.9. The van der Waals surface area contributed by atoms with Crippen molar-refractivity contribution in [3.05, 3.63) is 59.4 Å². The number of hydrogen-bond donors (Lipinski definition) is 3. The van der Waals surface area contributed by atoms with Crippen LogP contribution in [-0.4, -0.2) is 32.2 Å². The van der Waals surface area contributed by atoms with Crippen LogP contribution >= 0.6 is 0 Å². The second-order valence-corrected chi connectivity index (χ2v) is 7.56. The van der Waals surface area contributed by atoms with E-state index < -0.39 is 11.9 Å². The minimum Gasteiger partial charge on any atom is -0.507 e. The monoisotopic (exact) mass is 429 g/mol. The Bertz CT molecular complexity index is 791. The number of aromatic nitrogens is 1. The molecular weight excluding hydrogens is 394 g/mol. The SMILES string of the molecule is CCCCCCCCCCCCc1ncccc1C(=O)O.O=C(O)c1ccccc1O. The van der Waals surface area contributed by atoms with E-state index in [1.807, 2.05) is 0 Å². The lowest BCUT2D eigenvalue weighted by molar-refractivity contribution is 0.0683. The van der Waals surface area contributed by atoms with Crippen LogP contribution in [0.2, 0.25) is 0 Å². The molecule has 0 radical (unpaired) electrons. The fourth-order valence-electron chi connectivity index (χ4n) is 3.27. The molecule has 0 aliphatic rings. The fraction of sp³-hybridized carbons (Fsp3) is 0.480. The van der Waals surface area contributed by atoms with Crippen LogP contribution in [0.15, 0.2) is 42.6 Å². The largest absolute Gasteiger partial charge is 0.507 e. The summed E-state index contributed by atoms with van der Waals surface area (Å²) in [6.07, 6.45) is 15.4. The van der Waals surface area contributed by atoms with E-state index in [1.54, 1.807) is 30.5 Å². The maximum Gasteiger partial charge on any atom is 0.339 e. The molecule has 0 fully saturated rings. The van der Waals surface area contributed by atoms with Gasteiger partial charge in [-0.3, -0.25) is 4.98 Å². The van der Waals surface area contributed by atoms with Crippen molar-refractivity contribution in [2.45, 2.75) is 77.6 Å². The number of carbonyl (C=O) groups is 2. The number of benzene rings is 1. The molecule has 0 unspecified atom stereocenters. The van der Waals surface area contributed by atoms with Crippen LogP contribution in [-0.2, 0) is 6.42 Å². The van der Waals surface area contributed by atoms with E-state index in [1.165, 1.54) is 69.9 Å². The Hall–Kier alpha value is -2.89. The molecule has 0 atom stereocenters. The summed E-state index contributed by atoms with van der Waals surface area (Å²) < 4.78 is 0. The van der Waals surface area contributed by atoms with Gasteiger partial charge < -0.3 is 15.3 Å². The predicted octanol–water partition coefficient (Wildman–Crippen LogP) is 6.33. The quantitative estimate of drug-likeness (QED) is 0.321. The smallest absolute Gasteiger partial charge is 0.339 e. The van der Waals surface area contributed by atoms with Gasteiger partial charge in [0.25, 0.3) is 0 Å². The van der Waals surface area contributed by atoms with Gasteiger partial charge in [-0.2, -0.15) is 0 Å². The summed E-state index contributed by atoms with van der Waals surface area (Å²) in [5, 5.41) is 26.4. The number of phenols is 1. The van der Waals surface area contributed by atoms with Crippen LogP contribution < -0.4 is 0 Å². The van der Waals surface area contributed by atoms with Gasteiger partial charge in [0.2, 0.25) is 0 Å². The van der Waals surface area contributed by atoms with E-state index >= 15 is 0 Å². The molecule has 3 N–H and O–H groups in total. The Labute approximate surface area is 185 Å². The van der Waals surface area contributed by atoms with Crippen LogP contribution in [0.3, 0.4) is 0 Å². The Morgan fingerprint density at radius 2 is 1.26 bits per heavy atom. The minimum absolute atomic E-state index is 0.0671. The molecule has 2 rings (SSSR count). The highest BCUT2D eigenvalue weighted by molar-refractivity contribution is 5.90. The summed E-state index contributed by atoms with van der Waals surface area (Å²) in [5.74, 6) is -2.18. The lowest BCUT2D eigenvalue weighted by Crippen LogP contribution is -2.04. The van der Waals surface area contributed by atoms with Gasteiger partial charge in [0.15, 0.2) is 0 Å². The summed E-state index contributed by atoms with van der Waals surface area (Å²) in [7, 11) is 0. The highest BCUT2D eigenvalue weighted by atomic mass is 16.4. The number of para-hydroxylation sites is 1. The van der Waals surface area contributed by atoms with Gasteiger partial charge >= 0.3 is 11.9 Å².